The van der Waals surface area contributed by atoms with E-state index in [9.17, 15) is 4.79 Å². The summed E-state index contributed by atoms with van der Waals surface area (Å²) in [5, 5.41) is 0. The lowest BCUT2D eigenvalue weighted by Gasteiger charge is -2.41. The van der Waals surface area contributed by atoms with Crippen molar-refractivity contribution in [3.05, 3.63) is 60.4 Å². The minimum Gasteiger partial charge on any atom is -0.368 e. The zero-order valence-electron chi connectivity index (χ0n) is 13.8. The van der Waals surface area contributed by atoms with Gasteiger partial charge in [0.2, 0.25) is 5.91 Å². The second-order valence-electron chi connectivity index (χ2n) is 6.79. The molecule has 0 radical (unpaired) electrons. The Morgan fingerprint density at radius 1 is 0.917 bits per heavy atom. The SMILES string of the molecule is O=C(C1CC(c2ccccc2)C1)N1CCN(c2ccncc2)CC1. The molecule has 4 rings (SSSR count). The van der Waals surface area contributed by atoms with Crippen LogP contribution in [0.5, 0.6) is 0 Å². The molecule has 2 aromatic rings. The fraction of sp³-hybridized carbons (Fsp3) is 0.400. The van der Waals surface area contributed by atoms with Gasteiger partial charge in [0.15, 0.2) is 0 Å². The predicted octanol–water partition coefficient (Wildman–Crippen LogP) is 2.92. The van der Waals surface area contributed by atoms with Gasteiger partial charge in [-0.25, -0.2) is 0 Å². The highest BCUT2D eigenvalue weighted by molar-refractivity contribution is 5.80. The van der Waals surface area contributed by atoms with Crippen LogP contribution in [0, 0.1) is 5.92 Å². The molecule has 24 heavy (non-hydrogen) atoms. The van der Waals surface area contributed by atoms with Gasteiger partial charge in [-0.1, -0.05) is 30.3 Å². The van der Waals surface area contributed by atoms with E-state index in [1.54, 1.807) is 0 Å². The lowest BCUT2D eigenvalue weighted by Crippen LogP contribution is -2.51. The molecule has 1 saturated heterocycles. The summed E-state index contributed by atoms with van der Waals surface area (Å²) >= 11 is 0. The molecule has 4 nitrogen and oxygen atoms in total. The number of aromatic nitrogens is 1. The van der Waals surface area contributed by atoms with Crippen molar-refractivity contribution in [1.82, 2.24) is 9.88 Å². The molecule has 1 saturated carbocycles. The third kappa shape index (κ3) is 3.01. The van der Waals surface area contributed by atoms with Crippen molar-refractivity contribution >= 4 is 11.6 Å². The van der Waals surface area contributed by atoms with Gasteiger partial charge in [0, 0.05) is 50.2 Å². The second-order valence-corrected chi connectivity index (χ2v) is 6.79. The number of hydrogen-bond acceptors (Lipinski definition) is 3. The van der Waals surface area contributed by atoms with Crippen molar-refractivity contribution in [2.45, 2.75) is 18.8 Å². The summed E-state index contributed by atoms with van der Waals surface area (Å²) in [6, 6.07) is 14.7. The molecule has 0 spiro atoms. The topological polar surface area (TPSA) is 36.4 Å². The molecule has 1 aromatic heterocycles. The van der Waals surface area contributed by atoms with Gasteiger partial charge in [-0.2, -0.15) is 0 Å². The van der Waals surface area contributed by atoms with Crippen LogP contribution < -0.4 is 4.90 Å². The highest BCUT2D eigenvalue weighted by Crippen LogP contribution is 2.42. The number of rotatable bonds is 3. The average Bonchev–Trinajstić information content (AvgIpc) is 2.62. The smallest absolute Gasteiger partial charge is 0.225 e. The van der Waals surface area contributed by atoms with Crippen molar-refractivity contribution < 1.29 is 4.79 Å². The Hall–Kier alpha value is -2.36. The highest BCUT2D eigenvalue weighted by Gasteiger charge is 2.38. The van der Waals surface area contributed by atoms with Gasteiger partial charge in [0.25, 0.3) is 0 Å². The molecule has 0 atom stereocenters. The highest BCUT2D eigenvalue weighted by atomic mass is 16.2. The van der Waals surface area contributed by atoms with E-state index in [1.807, 2.05) is 30.6 Å². The van der Waals surface area contributed by atoms with Crippen molar-refractivity contribution in [1.29, 1.82) is 0 Å². The van der Waals surface area contributed by atoms with Gasteiger partial charge in [-0.3, -0.25) is 9.78 Å². The summed E-state index contributed by atoms with van der Waals surface area (Å²) < 4.78 is 0. The first-order valence-electron chi connectivity index (χ1n) is 8.80. The molecule has 0 N–H and O–H groups in total. The number of hydrogen-bond donors (Lipinski definition) is 0. The summed E-state index contributed by atoms with van der Waals surface area (Å²) in [5.74, 6) is 1.15. The molecule has 4 heteroatoms. The van der Waals surface area contributed by atoms with Gasteiger partial charge in [-0.15, -0.1) is 0 Å². The number of pyridine rings is 1. The molecule has 124 valence electrons. The minimum absolute atomic E-state index is 0.225. The fourth-order valence-electron chi connectivity index (χ4n) is 3.81. The fourth-order valence-corrected chi connectivity index (χ4v) is 3.81. The average molecular weight is 321 g/mol. The monoisotopic (exact) mass is 321 g/mol. The van der Waals surface area contributed by atoms with Crippen LogP contribution in [0.25, 0.3) is 0 Å². The van der Waals surface area contributed by atoms with Crippen molar-refractivity contribution in [2.75, 3.05) is 31.1 Å². The molecule has 1 amide bonds. The van der Waals surface area contributed by atoms with Crippen LogP contribution >= 0.6 is 0 Å². The predicted molar refractivity (Wildman–Crippen MR) is 94.9 cm³/mol. The van der Waals surface area contributed by atoms with Gasteiger partial charge < -0.3 is 9.80 Å². The molecular formula is C20H23N3O. The molecule has 0 unspecified atom stereocenters. The van der Waals surface area contributed by atoms with Crippen molar-refractivity contribution in [3.63, 3.8) is 0 Å². The van der Waals surface area contributed by atoms with Crippen molar-refractivity contribution in [3.8, 4) is 0 Å². The van der Waals surface area contributed by atoms with E-state index in [2.05, 4.69) is 39.0 Å². The summed E-state index contributed by atoms with van der Waals surface area (Å²) in [7, 11) is 0. The van der Waals surface area contributed by atoms with Gasteiger partial charge >= 0.3 is 0 Å². The molecular weight excluding hydrogens is 298 g/mol. The maximum absolute atomic E-state index is 12.7. The van der Waals surface area contributed by atoms with Crippen LogP contribution in [0.4, 0.5) is 5.69 Å². The zero-order chi connectivity index (χ0) is 16.4. The normalized spacial score (nSPS) is 23.7. The first-order chi connectivity index (χ1) is 11.8. The Morgan fingerprint density at radius 2 is 1.58 bits per heavy atom. The Morgan fingerprint density at radius 3 is 2.25 bits per heavy atom. The number of carbonyl (C=O) groups excluding carboxylic acids is 1. The number of amides is 1. The molecule has 2 heterocycles. The van der Waals surface area contributed by atoms with E-state index in [-0.39, 0.29) is 5.92 Å². The summed E-state index contributed by atoms with van der Waals surface area (Å²) in [6.07, 6.45) is 5.66. The summed E-state index contributed by atoms with van der Waals surface area (Å²) in [5.41, 5.74) is 2.58. The zero-order valence-corrected chi connectivity index (χ0v) is 13.8. The number of piperazine rings is 1. The third-order valence-corrected chi connectivity index (χ3v) is 5.38. The molecule has 0 bridgehead atoms. The molecule has 1 aromatic carbocycles. The quantitative estimate of drug-likeness (QED) is 0.872. The number of nitrogens with zero attached hydrogens (tertiary/aromatic N) is 3. The largest absolute Gasteiger partial charge is 0.368 e. The standard InChI is InChI=1S/C20H23N3O/c24-20(18-14-17(15-18)16-4-2-1-3-5-16)23-12-10-22(11-13-23)19-6-8-21-9-7-19/h1-9,17-18H,10-15H2. The Bertz CT molecular complexity index is 675. The van der Waals surface area contributed by atoms with E-state index < -0.39 is 0 Å². The number of carbonyl (C=O) groups is 1. The van der Waals surface area contributed by atoms with Crippen LogP contribution in [0.3, 0.4) is 0 Å². The van der Waals surface area contributed by atoms with Crippen LogP contribution in [-0.4, -0.2) is 42.0 Å². The van der Waals surface area contributed by atoms with E-state index in [0.717, 1.165) is 39.0 Å². The van der Waals surface area contributed by atoms with Crippen LogP contribution in [0.1, 0.15) is 24.3 Å². The summed E-state index contributed by atoms with van der Waals surface area (Å²) in [6.45, 7) is 3.47. The Kier molecular flexibility index (Phi) is 4.20. The van der Waals surface area contributed by atoms with E-state index in [0.29, 0.717) is 11.8 Å². The van der Waals surface area contributed by atoms with Crippen LogP contribution in [0.15, 0.2) is 54.9 Å². The third-order valence-electron chi connectivity index (χ3n) is 5.38. The van der Waals surface area contributed by atoms with Gasteiger partial charge in [0.05, 0.1) is 0 Å². The number of anilines is 1. The summed E-state index contributed by atoms with van der Waals surface area (Å²) in [4.78, 5) is 21.2. The van der Waals surface area contributed by atoms with Gasteiger partial charge in [0.1, 0.15) is 0 Å². The van der Waals surface area contributed by atoms with Crippen molar-refractivity contribution in [2.24, 2.45) is 5.92 Å². The maximum atomic E-state index is 12.7. The number of benzene rings is 1. The molecule has 2 aliphatic rings. The van der Waals surface area contributed by atoms with Crippen LogP contribution in [-0.2, 0) is 4.79 Å². The maximum Gasteiger partial charge on any atom is 0.225 e. The molecule has 1 aliphatic carbocycles. The van der Waals surface area contributed by atoms with Gasteiger partial charge in [-0.05, 0) is 36.5 Å². The Labute approximate surface area is 143 Å². The molecule has 1 aliphatic heterocycles. The van der Waals surface area contributed by atoms with E-state index in [4.69, 9.17) is 0 Å². The second kappa shape index (κ2) is 6.63. The molecule has 2 fully saturated rings. The first kappa shape index (κ1) is 15.2. The lowest BCUT2D eigenvalue weighted by molar-refractivity contribution is -0.139. The first-order valence-corrected chi connectivity index (χ1v) is 8.80. The van der Waals surface area contributed by atoms with E-state index >= 15 is 0 Å². The van der Waals surface area contributed by atoms with Crippen LogP contribution in [0.2, 0.25) is 0 Å². The van der Waals surface area contributed by atoms with E-state index in [1.165, 1.54) is 11.3 Å². The Balaban J connectivity index is 1.28. The lowest BCUT2D eigenvalue weighted by atomic mass is 9.71. The minimum atomic E-state index is 0.225.